The van der Waals surface area contributed by atoms with Crippen LogP contribution in [0.5, 0.6) is 0 Å². The van der Waals surface area contributed by atoms with Crippen molar-refractivity contribution in [1.82, 2.24) is 4.90 Å². The van der Waals surface area contributed by atoms with Crippen molar-refractivity contribution >= 4 is 28.9 Å². The van der Waals surface area contributed by atoms with Gasteiger partial charge in [0, 0.05) is 31.6 Å². The fourth-order valence-electron chi connectivity index (χ4n) is 1.50. The van der Waals surface area contributed by atoms with Crippen molar-refractivity contribution in [3.63, 3.8) is 0 Å². The predicted octanol–water partition coefficient (Wildman–Crippen LogP) is 1.83. The number of carbonyl (C=O) groups excluding carboxylic acids is 1. The number of ether oxygens (including phenoxy) is 1. The first kappa shape index (κ1) is 15.8. The van der Waals surface area contributed by atoms with Gasteiger partial charge in [0.05, 0.1) is 18.0 Å². The van der Waals surface area contributed by atoms with Gasteiger partial charge in [-0.1, -0.05) is 11.6 Å². The molecule has 0 aromatic heterocycles. The molecule has 0 saturated heterocycles. The highest BCUT2D eigenvalue weighted by molar-refractivity contribution is 6.31. The first-order chi connectivity index (χ1) is 9.02. The van der Waals surface area contributed by atoms with E-state index < -0.39 is 0 Å². The molecule has 1 aromatic carbocycles. The number of nitrogens with two attached hydrogens (primary N) is 1. The van der Waals surface area contributed by atoms with Crippen molar-refractivity contribution in [1.29, 1.82) is 0 Å². The summed E-state index contributed by atoms with van der Waals surface area (Å²) in [6.07, 6.45) is 0.395. The van der Waals surface area contributed by atoms with Gasteiger partial charge in [0.2, 0.25) is 5.91 Å². The molecule has 0 fully saturated rings. The quantitative estimate of drug-likeness (QED) is 0.750. The Labute approximate surface area is 118 Å². The number of nitrogens with one attached hydrogen (secondary N) is 1. The van der Waals surface area contributed by atoms with Gasteiger partial charge in [-0.15, -0.1) is 0 Å². The van der Waals surface area contributed by atoms with Gasteiger partial charge in [0.25, 0.3) is 0 Å². The summed E-state index contributed by atoms with van der Waals surface area (Å²) in [5, 5.41) is 3.30. The van der Waals surface area contributed by atoms with Crippen LogP contribution in [0.25, 0.3) is 0 Å². The molecule has 0 atom stereocenters. The van der Waals surface area contributed by atoms with E-state index in [1.807, 2.05) is 11.9 Å². The van der Waals surface area contributed by atoms with Crippen LogP contribution in [-0.4, -0.2) is 44.7 Å². The molecule has 5 nitrogen and oxygen atoms in total. The summed E-state index contributed by atoms with van der Waals surface area (Å²) in [6.45, 7) is 2.11. The molecule has 0 heterocycles. The summed E-state index contributed by atoms with van der Waals surface area (Å²) in [7, 11) is 3.60. The van der Waals surface area contributed by atoms with Gasteiger partial charge in [-0.25, -0.2) is 0 Å². The van der Waals surface area contributed by atoms with E-state index >= 15 is 0 Å². The van der Waals surface area contributed by atoms with Gasteiger partial charge in [0.1, 0.15) is 0 Å². The summed E-state index contributed by atoms with van der Waals surface area (Å²) in [4.78, 5) is 13.8. The highest BCUT2D eigenvalue weighted by Gasteiger charge is 2.07. The normalized spacial score (nSPS) is 10.7. The second-order valence-electron chi connectivity index (χ2n) is 4.33. The van der Waals surface area contributed by atoms with E-state index in [-0.39, 0.29) is 5.91 Å². The number of benzene rings is 1. The van der Waals surface area contributed by atoms with E-state index in [0.29, 0.717) is 36.0 Å². The van der Waals surface area contributed by atoms with Crippen LogP contribution in [0.2, 0.25) is 5.02 Å². The van der Waals surface area contributed by atoms with Crippen LogP contribution < -0.4 is 11.1 Å². The van der Waals surface area contributed by atoms with Gasteiger partial charge < -0.3 is 20.7 Å². The summed E-state index contributed by atoms with van der Waals surface area (Å²) >= 11 is 5.86. The van der Waals surface area contributed by atoms with Gasteiger partial charge in [-0.3, -0.25) is 4.79 Å². The molecule has 0 saturated carbocycles. The molecule has 1 aromatic rings. The van der Waals surface area contributed by atoms with E-state index in [4.69, 9.17) is 22.1 Å². The lowest BCUT2D eigenvalue weighted by Gasteiger charge is -2.15. The summed E-state index contributed by atoms with van der Waals surface area (Å²) < 4.78 is 4.97. The molecule has 3 N–H and O–H groups in total. The Morgan fingerprint density at radius 2 is 2.21 bits per heavy atom. The molecular weight excluding hydrogens is 266 g/mol. The minimum absolute atomic E-state index is 0.0850. The second-order valence-corrected chi connectivity index (χ2v) is 4.76. The summed E-state index contributed by atoms with van der Waals surface area (Å²) in [5.74, 6) is -0.0850. The van der Waals surface area contributed by atoms with Crippen molar-refractivity contribution in [2.75, 3.05) is 44.9 Å². The van der Waals surface area contributed by atoms with Gasteiger partial charge in [-0.05, 0) is 25.2 Å². The number of rotatable bonds is 7. The minimum Gasteiger partial charge on any atom is -0.397 e. The van der Waals surface area contributed by atoms with Crippen LogP contribution in [-0.2, 0) is 9.53 Å². The maximum Gasteiger partial charge on any atom is 0.225 e. The number of amides is 1. The smallest absolute Gasteiger partial charge is 0.225 e. The molecule has 0 unspecified atom stereocenters. The van der Waals surface area contributed by atoms with E-state index in [0.717, 1.165) is 6.54 Å². The number of nitrogen functional groups attached to an aromatic ring is 1. The lowest BCUT2D eigenvalue weighted by Crippen LogP contribution is -2.27. The highest BCUT2D eigenvalue weighted by Crippen LogP contribution is 2.22. The van der Waals surface area contributed by atoms with Crippen LogP contribution in [0.3, 0.4) is 0 Å². The highest BCUT2D eigenvalue weighted by atomic mass is 35.5. The average Bonchev–Trinajstić information content (AvgIpc) is 2.38. The second kappa shape index (κ2) is 7.99. The third-order valence-electron chi connectivity index (χ3n) is 2.69. The van der Waals surface area contributed by atoms with Crippen LogP contribution >= 0.6 is 11.6 Å². The Balaban J connectivity index is 2.40. The molecule has 6 heteroatoms. The van der Waals surface area contributed by atoms with E-state index in [9.17, 15) is 4.79 Å². The van der Waals surface area contributed by atoms with E-state index in [2.05, 4.69) is 5.32 Å². The van der Waals surface area contributed by atoms with Crippen molar-refractivity contribution < 1.29 is 9.53 Å². The lowest BCUT2D eigenvalue weighted by atomic mass is 10.2. The molecule has 1 amide bonds. The lowest BCUT2D eigenvalue weighted by molar-refractivity contribution is -0.116. The maximum atomic E-state index is 11.8. The molecule has 1 rings (SSSR count). The first-order valence-corrected chi connectivity index (χ1v) is 6.43. The Morgan fingerprint density at radius 3 is 2.89 bits per heavy atom. The zero-order valence-corrected chi connectivity index (χ0v) is 12.0. The predicted molar refractivity (Wildman–Crippen MR) is 78.5 cm³/mol. The molecule has 19 heavy (non-hydrogen) atoms. The molecule has 0 spiro atoms. The van der Waals surface area contributed by atoms with Gasteiger partial charge >= 0.3 is 0 Å². The molecular formula is C13H20ClN3O2. The Bertz CT molecular complexity index is 426. The van der Waals surface area contributed by atoms with Crippen molar-refractivity contribution in [2.24, 2.45) is 0 Å². The Kier molecular flexibility index (Phi) is 6.62. The molecule has 106 valence electrons. The third kappa shape index (κ3) is 5.92. The van der Waals surface area contributed by atoms with Crippen LogP contribution in [0.15, 0.2) is 18.2 Å². The number of halogens is 1. The van der Waals surface area contributed by atoms with Gasteiger partial charge in [-0.2, -0.15) is 0 Å². The largest absolute Gasteiger partial charge is 0.397 e. The first-order valence-electron chi connectivity index (χ1n) is 6.05. The maximum absolute atomic E-state index is 11.8. The minimum atomic E-state index is -0.0850. The molecule has 0 bridgehead atoms. The third-order valence-corrected chi connectivity index (χ3v) is 2.92. The van der Waals surface area contributed by atoms with E-state index in [1.165, 1.54) is 0 Å². The zero-order chi connectivity index (χ0) is 14.3. The average molecular weight is 286 g/mol. The number of likely N-dealkylation sites (N-methyl/N-ethyl adjacent to an activating group) is 1. The number of hydrogen-bond donors (Lipinski definition) is 2. The zero-order valence-electron chi connectivity index (χ0n) is 11.3. The van der Waals surface area contributed by atoms with Crippen molar-refractivity contribution in [3.8, 4) is 0 Å². The molecule has 0 radical (unpaired) electrons. The monoisotopic (exact) mass is 285 g/mol. The fraction of sp³-hybridized carbons (Fsp3) is 0.462. The van der Waals surface area contributed by atoms with Crippen LogP contribution in [0.1, 0.15) is 6.42 Å². The standard InChI is InChI=1S/C13H20ClN3O2/c1-17(7-8-19-2)6-5-13(18)16-12-9-10(14)3-4-11(12)15/h3-4,9H,5-8,15H2,1-2H3,(H,16,18). The summed E-state index contributed by atoms with van der Waals surface area (Å²) in [6, 6.07) is 5.00. The molecule has 0 aliphatic heterocycles. The van der Waals surface area contributed by atoms with Crippen molar-refractivity contribution in [3.05, 3.63) is 23.2 Å². The number of anilines is 2. The molecule has 0 aliphatic carbocycles. The summed E-state index contributed by atoms with van der Waals surface area (Å²) in [5.41, 5.74) is 6.82. The van der Waals surface area contributed by atoms with Crippen LogP contribution in [0, 0.1) is 0 Å². The topological polar surface area (TPSA) is 67.6 Å². The fourth-order valence-corrected chi connectivity index (χ4v) is 1.67. The Morgan fingerprint density at radius 1 is 1.47 bits per heavy atom. The molecule has 0 aliphatic rings. The van der Waals surface area contributed by atoms with Crippen LogP contribution in [0.4, 0.5) is 11.4 Å². The Hall–Kier alpha value is -1.30. The van der Waals surface area contributed by atoms with Gasteiger partial charge in [0.15, 0.2) is 0 Å². The van der Waals surface area contributed by atoms with Crippen molar-refractivity contribution in [2.45, 2.75) is 6.42 Å². The SMILES string of the molecule is COCCN(C)CCC(=O)Nc1cc(Cl)ccc1N. The number of carbonyl (C=O) groups is 1. The van der Waals surface area contributed by atoms with E-state index in [1.54, 1.807) is 25.3 Å². The number of hydrogen-bond acceptors (Lipinski definition) is 4. The number of methoxy groups -OCH3 is 1. The number of nitrogens with zero attached hydrogens (tertiary/aromatic N) is 1.